The lowest BCUT2D eigenvalue weighted by atomic mass is 10.0. The molecule has 0 aliphatic heterocycles. The van der Waals surface area contributed by atoms with Crippen molar-refractivity contribution in [2.24, 2.45) is 5.10 Å². The molecule has 0 saturated heterocycles. The molecular weight excluding hydrogens is 392 g/mol. The van der Waals surface area contributed by atoms with Gasteiger partial charge in [0, 0.05) is 13.3 Å². The second kappa shape index (κ2) is 10.9. The van der Waals surface area contributed by atoms with Crippen LogP contribution in [-0.4, -0.2) is 52.9 Å². The zero-order valence-electron chi connectivity index (χ0n) is 17.7. The molecular formula is C20H28N4O6. The van der Waals surface area contributed by atoms with Crippen LogP contribution < -0.4 is 16.1 Å². The van der Waals surface area contributed by atoms with Crippen LogP contribution in [0.4, 0.5) is 4.79 Å². The quantitative estimate of drug-likeness (QED) is 0.367. The van der Waals surface area contributed by atoms with E-state index in [0.717, 1.165) is 0 Å². The van der Waals surface area contributed by atoms with Gasteiger partial charge < -0.3 is 20.5 Å². The minimum Gasteiger partial charge on any atom is -0.480 e. The van der Waals surface area contributed by atoms with Gasteiger partial charge in [0.05, 0.1) is 6.21 Å². The highest BCUT2D eigenvalue weighted by atomic mass is 16.6. The van der Waals surface area contributed by atoms with E-state index in [2.05, 4.69) is 21.2 Å². The van der Waals surface area contributed by atoms with Crippen molar-refractivity contribution in [3.8, 4) is 0 Å². The maximum Gasteiger partial charge on any atom is 0.408 e. The molecule has 0 spiro atoms. The summed E-state index contributed by atoms with van der Waals surface area (Å²) < 4.78 is 5.19. The number of nitrogens with one attached hydrogen (secondary N) is 3. The van der Waals surface area contributed by atoms with Crippen LogP contribution in [0.2, 0.25) is 0 Å². The molecule has 0 aliphatic rings. The maximum absolute atomic E-state index is 12.5. The molecule has 10 nitrogen and oxygen atoms in total. The van der Waals surface area contributed by atoms with Crippen LogP contribution >= 0.6 is 0 Å². The van der Waals surface area contributed by atoms with E-state index in [9.17, 15) is 19.2 Å². The van der Waals surface area contributed by atoms with Crippen molar-refractivity contribution in [1.29, 1.82) is 0 Å². The average Bonchev–Trinajstić information content (AvgIpc) is 2.60. The summed E-state index contributed by atoms with van der Waals surface area (Å²) in [5.74, 6) is -2.13. The highest BCUT2D eigenvalue weighted by molar-refractivity contribution is 5.89. The van der Waals surface area contributed by atoms with Gasteiger partial charge in [0.1, 0.15) is 17.7 Å². The molecule has 2 unspecified atom stereocenters. The number of ether oxygens (including phenoxy) is 1. The van der Waals surface area contributed by atoms with Gasteiger partial charge in [0.25, 0.3) is 0 Å². The lowest BCUT2D eigenvalue weighted by Crippen LogP contribution is -2.52. The van der Waals surface area contributed by atoms with E-state index in [0.29, 0.717) is 11.1 Å². The molecule has 0 bridgehead atoms. The van der Waals surface area contributed by atoms with Crippen molar-refractivity contribution in [1.82, 2.24) is 16.1 Å². The molecule has 30 heavy (non-hydrogen) atoms. The van der Waals surface area contributed by atoms with Gasteiger partial charge >= 0.3 is 12.1 Å². The Bertz CT molecular complexity index is 799. The number of aliphatic carboxylic acids is 1. The second-order valence-electron chi connectivity index (χ2n) is 7.64. The summed E-state index contributed by atoms with van der Waals surface area (Å²) in [6.45, 7) is 7.74. The second-order valence-corrected chi connectivity index (χ2v) is 7.64. The fraction of sp³-hybridized carbons (Fsp3) is 0.450. The first kappa shape index (κ1) is 24.6. The van der Waals surface area contributed by atoms with E-state index in [-0.39, 0.29) is 12.3 Å². The zero-order valence-corrected chi connectivity index (χ0v) is 17.7. The molecule has 2 atom stereocenters. The third-order valence-electron chi connectivity index (χ3n) is 3.59. The number of carboxylic acids is 1. The van der Waals surface area contributed by atoms with Gasteiger partial charge in [-0.25, -0.2) is 10.2 Å². The third-order valence-corrected chi connectivity index (χ3v) is 3.59. The molecule has 0 fully saturated rings. The molecule has 0 saturated carbocycles. The summed E-state index contributed by atoms with van der Waals surface area (Å²) in [5.41, 5.74) is 2.97. The number of carboxylic acid groups (broad SMARTS) is 1. The van der Waals surface area contributed by atoms with Crippen molar-refractivity contribution in [2.45, 2.75) is 58.7 Å². The van der Waals surface area contributed by atoms with Gasteiger partial charge in [-0.05, 0) is 38.8 Å². The predicted octanol–water partition coefficient (Wildman–Crippen LogP) is 1.18. The topological polar surface area (TPSA) is 146 Å². The number of hydrogen-bond acceptors (Lipinski definition) is 6. The normalized spacial score (nSPS) is 13.2. The fourth-order valence-corrected chi connectivity index (χ4v) is 2.21. The summed E-state index contributed by atoms with van der Waals surface area (Å²) in [6, 6.07) is 4.75. The number of amides is 3. The molecule has 0 radical (unpaired) electrons. The lowest BCUT2D eigenvalue weighted by Gasteiger charge is -2.24. The SMILES string of the molecule is CC(=O)NN=Cc1ccc(CC(NC(=O)OC(C)(C)C)C(=O)NC(C)C(=O)O)cc1. The van der Waals surface area contributed by atoms with Crippen molar-refractivity contribution in [3.05, 3.63) is 35.4 Å². The van der Waals surface area contributed by atoms with Crippen molar-refractivity contribution in [2.75, 3.05) is 0 Å². The highest BCUT2D eigenvalue weighted by Crippen LogP contribution is 2.10. The largest absolute Gasteiger partial charge is 0.480 e. The standard InChI is InChI=1S/C20H28N4O6/c1-12(18(27)28)22-17(26)16(23-19(29)30-20(3,4)5)10-14-6-8-15(9-7-14)11-21-24-13(2)25/h6-9,11-12,16H,10H2,1-5H3,(H,22,26)(H,23,29)(H,24,25)(H,27,28). The number of benzene rings is 1. The fourth-order valence-electron chi connectivity index (χ4n) is 2.21. The smallest absolute Gasteiger partial charge is 0.408 e. The molecule has 10 heteroatoms. The Morgan fingerprint density at radius 1 is 1.13 bits per heavy atom. The molecule has 1 aromatic carbocycles. The van der Waals surface area contributed by atoms with Gasteiger partial charge in [-0.2, -0.15) is 5.10 Å². The highest BCUT2D eigenvalue weighted by Gasteiger charge is 2.26. The molecule has 4 N–H and O–H groups in total. The van der Waals surface area contributed by atoms with E-state index < -0.39 is 35.7 Å². The third kappa shape index (κ3) is 9.67. The van der Waals surface area contributed by atoms with Crippen molar-refractivity contribution >= 4 is 30.1 Å². The summed E-state index contributed by atoms with van der Waals surface area (Å²) in [4.78, 5) is 46.5. The van der Waals surface area contributed by atoms with Crippen LogP contribution in [0.25, 0.3) is 0 Å². The van der Waals surface area contributed by atoms with E-state index in [1.807, 2.05) is 0 Å². The predicted molar refractivity (Wildman–Crippen MR) is 110 cm³/mol. The Kier molecular flexibility index (Phi) is 8.97. The minimum absolute atomic E-state index is 0.112. The number of hydrazone groups is 1. The molecule has 0 aromatic heterocycles. The Labute approximate surface area is 175 Å². The Morgan fingerprint density at radius 3 is 2.23 bits per heavy atom. The van der Waals surface area contributed by atoms with Crippen LogP contribution in [0.3, 0.4) is 0 Å². The maximum atomic E-state index is 12.5. The molecule has 0 aliphatic carbocycles. The molecule has 3 amide bonds. The molecule has 164 valence electrons. The first-order valence-corrected chi connectivity index (χ1v) is 9.28. The Hall–Kier alpha value is -3.43. The number of alkyl carbamates (subject to hydrolysis) is 1. The van der Waals surface area contributed by atoms with Crippen LogP contribution in [0.1, 0.15) is 45.7 Å². The number of hydrogen-bond donors (Lipinski definition) is 4. The minimum atomic E-state index is -1.19. The summed E-state index contributed by atoms with van der Waals surface area (Å²) in [6.07, 6.45) is 0.785. The summed E-state index contributed by atoms with van der Waals surface area (Å²) in [5, 5.41) is 17.6. The average molecular weight is 420 g/mol. The van der Waals surface area contributed by atoms with Crippen LogP contribution in [0.15, 0.2) is 29.4 Å². The monoisotopic (exact) mass is 420 g/mol. The Balaban J connectivity index is 2.91. The molecule has 1 aromatic rings. The van der Waals surface area contributed by atoms with E-state index in [1.54, 1.807) is 45.0 Å². The van der Waals surface area contributed by atoms with Gasteiger partial charge in [-0.15, -0.1) is 0 Å². The van der Waals surface area contributed by atoms with Crippen molar-refractivity contribution < 1.29 is 29.0 Å². The molecule has 1 rings (SSSR count). The van der Waals surface area contributed by atoms with Crippen LogP contribution in [0, 0.1) is 0 Å². The number of rotatable bonds is 8. The van der Waals surface area contributed by atoms with E-state index in [1.165, 1.54) is 20.1 Å². The van der Waals surface area contributed by atoms with Crippen LogP contribution in [-0.2, 0) is 25.5 Å². The van der Waals surface area contributed by atoms with Gasteiger partial charge in [-0.1, -0.05) is 24.3 Å². The van der Waals surface area contributed by atoms with Crippen molar-refractivity contribution in [3.63, 3.8) is 0 Å². The first-order valence-electron chi connectivity index (χ1n) is 9.28. The summed E-state index contributed by atoms with van der Waals surface area (Å²) in [7, 11) is 0. The van der Waals surface area contributed by atoms with Gasteiger partial charge in [-0.3, -0.25) is 14.4 Å². The molecule has 0 heterocycles. The van der Waals surface area contributed by atoms with Gasteiger partial charge in [0.15, 0.2) is 0 Å². The number of carbonyl (C=O) groups excluding carboxylic acids is 3. The lowest BCUT2D eigenvalue weighted by molar-refractivity contribution is -0.141. The number of nitrogens with zero attached hydrogens (tertiary/aromatic N) is 1. The van der Waals surface area contributed by atoms with E-state index in [4.69, 9.17) is 9.84 Å². The van der Waals surface area contributed by atoms with Crippen LogP contribution in [0.5, 0.6) is 0 Å². The Morgan fingerprint density at radius 2 is 1.73 bits per heavy atom. The summed E-state index contributed by atoms with van der Waals surface area (Å²) >= 11 is 0. The zero-order chi connectivity index (χ0) is 22.9. The first-order chi connectivity index (χ1) is 13.9. The van der Waals surface area contributed by atoms with E-state index >= 15 is 0 Å². The number of carbonyl (C=O) groups is 4. The van der Waals surface area contributed by atoms with Gasteiger partial charge in [0.2, 0.25) is 11.8 Å².